The van der Waals surface area contributed by atoms with Crippen molar-refractivity contribution in [1.29, 1.82) is 0 Å². The number of fused-ring (bicyclic) bond motifs is 1. The molecule has 0 amide bonds. The van der Waals surface area contributed by atoms with Crippen LogP contribution in [0.5, 0.6) is 0 Å². The molecule has 14 heavy (non-hydrogen) atoms. The number of hydrogen-bond donors (Lipinski definition) is 1. The molecule has 0 unspecified atom stereocenters. The van der Waals surface area contributed by atoms with Crippen molar-refractivity contribution in [3.63, 3.8) is 0 Å². The van der Waals surface area contributed by atoms with Gasteiger partial charge in [-0.3, -0.25) is 0 Å². The van der Waals surface area contributed by atoms with Crippen molar-refractivity contribution in [1.82, 2.24) is 0 Å². The lowest BCUT2D eigenvalue weighted by Gasteiger charge is -2.15. The number of halogens is 1. The number of aliphatic hydroxyl groups is 1. The number of hydrogen-bond acceptors (Lipinski definition) is 2. The van der Waals surface area contributed by atoms with E-state index in [9.17, 15) is 5.11 Å². The van der Waals surface area contributed by atoms with E-state index >= 15 is 0 Å². The quantitative estimate of drug-likeness (QED) is 0.846. The minimum absolute atomic E-state index is 0.788. The van der Waals surface area contributed by atoms with E-state index in [0.717, 1.165) is 21.0 Å². The lowest BCUT2D eigenvalue weighted by molar-refractivity contribution is 0.0792. The van der Waals surface area contributed by atoms with E-state index in [-0.39, 0.29) is 0 Å². The molecule has 2 rings (SSSR count). The van der Waals surface area contributed by atoms with Crippen molar-refractivity contribution in [3.8, 4) is 0 Å². The van der Waals surface area contributed by atoms with E-state index < -0.39 is 5.60 Å². The molecule has 0 atom stereocenters. The molecule has 0 aliphatic heterocycles. The van der Waals surface area contributed by atoms with Crippen LogP contribution >= 0.6 is 15.9 Å². The summed E-state index contributed by atoms with van der Waals surface area (Å²) in [4.78, 5) is 0. The highest BCUT2D eigenvalue weighted by Crippen LogP contribution is 2.34. The smallest absolute Gasteiger partial charge is 0.135 e. The third kappa shape index (κ3) is 1.47. The van der Waals surface area contributed by atoms with E-state index in [4.69, 9.17) is 4.42 Å². The van der Waals surface area contributed by atoms with Gasteiger partial charge in [0, 0.05) is 15.4 Å². The SMILES string of the molecule is CC(C)(O)c1coc2cccc(Br)c12. The predicted octanol–water partition coefficient (Wildman–Crippen LogP) is 3.42. The summed E-state index contributed by atoms with van der Waals surface area (Å²) in [5.41, 5.74) is 0.714. The molecule has 0 radical (unpaired) electrons. The fourth-order valence-corrected chi connectivity index (χ4v) is 2.06. The largest absolute Gasteiger partial charge is 0.464 e. The first kappa shape index (κ1) is 9.74. The highest BCUT2D eigenvalue weighted by molar-refractivity contribution is 9.10. The Morgan fingerprint density at radius 1 is 1.36 bits per heavy atom. The van der Waals surface area contributed by atoms with Crippen LogP contribution in [0.3, 0.4) is 0 Å². The average molecular weight is 255 g/mol. The molecule has 0 saturated heterocycles. The summed E-state index contributed by atoms with van der Waals surface area (Å²) in [6.07, 6.45) is 1.61. The van der Waals surface area contributed by atoms with Gasteiger partial charge < -0.3 is 9.52 Å². The Hall–Kier alpha value is -0.800. The molecule has 0 fully saturated rings. The second kappa shape index (κ2) is 3.11. The molecule has 0 saturated carbocycles. The fraction of sp³-hybridized carbons (Fsp3) is 0.273. The molecule has 2 aromatic rings. The van der Waals surface area contributed by atoms with E-state index in [2.05, 4.69) is 15.9 Å². The minimum atomic E-state index is -0.880. The summed E-state index contributed by atoms with van der Waals surface area (Å²) in [7, 11) is 0. The van der Waals surface area contributed by atoms with Gasteiger partial charge in [-0.15, -0.1) is 0 Å². The minimum Gasteiger partial charge on any atom is -0.464 e. The van der Waals surface area contributed by atoms with Crippen LogP contribution in [-0.4, -0.2) is 5.11 Å². The van der Waals surface area contributed by atoms with Crippen molar-refractivity contribution in [2.24, 2.45) is 0 Å². The molecule has 1 aromatic heterocycles. The Kier molecular flexibility index (Phi) is 2.16. The van der Waals surface area contributed by atoms with Gasteiger partial charge >= 0.3 is 0 Å². The van der Waals surface area contributed by atoms with Crippen molar-refractivity contribution < 1.29 is 9.52 Å². The zero-order chi connectivity index (χ0) is 10.3. The van der Waals surface area contributed by atoms with Gasteiger partial charge in [-0.05, 0) is 26.0 Å². The molecule has 0 aliphatic rings. The van der Waals surface area contributed by atoms with Crippen LogP contribution in [0.2, 0.25) is 0 Å². The monoisotopic (exact) mass is 254 g/mol. The van der Waals surface area contributed by atoms with Gasteiger partial charge in [-0.25, -0.2) is 0 Å². The fourth-order valence-electron chi connectivity index (χ4n) is 1.50. The molecule has 2 nitrogen and oxygen atoms in total. The van der Waals surface area contributed by atoms with E-state index in [0.29, 0.717) is 0 Å². The van der Waals surface area contributed by atoms with Crippen molar-refractivity contribution in [2.45, 2.75) is 19.4 Å². The number of furan rings is 1. The summed E-state index contributed by atoms with van der Waals surface area (Å²) >= 11 is 3.45. The van der Waals surface area contributed by atoms with Gasteiger partial charge in [0.25, 0.3) is 0 Å². The van der Waals surface area contributed by atoms with Gasteiger partial charge in [0.15, 0.2) is 0 Å². The van der Waals surface area contributed by atoms with E-state index in [1.54, 1.807) is 20.1 Å². The molecule has 3 heteroatoms. The predicted molar refractivity (Wildman–Crippen MR) is 59.2 cm³/mol. The van der Waals surface area contributed by atoms with E-state index in [1.807, 2.05) is 18.2 Å². The summed E-state index contributed by atoms with van der Waals surface area (Å²) in [5, 5.41) is 10.9. The maximum absolute atomic E-state index is 9.92. The molecule has 0 spiro atoms. The molecular formula is C11H11BrO2. The van der Waals surface area contributed by atoms with E-state index in [1.165, 1.54) is 0 Å². The molecule has 0 aliphatic carbocycles. The van der Waals surface area contributed by atoms with Crippen LogP contribution in [-0.2, 0) is 5.60 Å². The highest BCUT2D eigenvalue weighted by atomic mass is 79.9. The summed E-state index contributed by atoms with van der Waals surface area (Å²) in [6, 6.07) is 5.73. The summed E-state index contributed by atoms with van der Waals surface area (Å²) < 4.78 is 6.31. The number of rotatable bonds is 1. The third-order valence-corrected chi connectivity index (χ3v) is 2.87. The Labute approximate surface area is 90.7 Å². The van der Waals surface area contributed by atoms with Gasteiger partial charge in [-0.1, -0.05) is 22.0 Å². The Balaban J connectivity index is 2.80. The summed E-state index contributed by atoms with van der Waals surface area (Å²) in [5.74, 6) is 0. The third-order valence-electron chi connectivity index (χ3n) is 2.21. The Morgan fingerprint density at radius 3 is 2.71 bits per heavy atom. The first-order chi connectivity index (χ1) is 6.50. The lowest BCUT2D eigenvalue weighted by Crippen LogP contribution is -2.14. The lowest BCUT2D eigenvalue weighted by atomic mass is 9.98. The zero-order valence-corrected chi connectivity index (χ0v) is 9.63. The second-order valence-corrected chi connectivity index (χ2v) is 4.68. The zero-order valence-electron chi connectivity index (χ0n) is 8.04. The van der Waals surface area contributed by atoms with Crippen LogP contribution in [0.1, 0.15) is 19.4 Å². The van der Waals surface area contributed by atoms with Crippen LogP contribution in [0.4, 0.5) is 0 Å². The molecule has 1 N–H and O–H groups in total. The molecule has 1 aromatic carbocycles. The van der Waals surface area contributed by atoms with Crippen LogP contribution < -0.4 is 0 Å². The Morgan fingerprint density at radius 2 is 2.07 bits per heavy atom. The van der Waals surface area contributed by atoms with Gasteiger partial charge in [-0.2, -0.15) is 0 Å². The standard InChI is InChI=1S/C11H11BrO2/c1-11(2,13)7-6-14-9-5-3-4-8(12)10(7)9/h3-6,13H,1-2H3. The van der Waals surface area contributed by atoms with Gasteiger partial charge in [0.05, 0.1) is 11.9 Å². The van der Waals surface area contributed by atoms with Crippen molar-refractivity contribution >= 4 is 26.9 Å². The summed E-state index contributed by atoms with van der Waals surface area (Å²) in [6.45, 7) is 3.49. The van der Waals surface area contributed by atoms with Gasteiger partial charge in [0.2, 0.25) is 0 Å². The normalized spacial score (nSPS) is 12.3. The molecular weight excluding hydrogens is 244 g/mol. The Bertz CT molecular complexity index is 466. The average Bonchev–Trinajstić information content (AvgIpc) is 2.47. The topological polar surface area (TPSA) is 33.4 Å². The second-order valence-electron chi connectivity index (χ2n) is 3.82. The molecule has 1 heterocycles. The van der Waals surface area contributed by atoms with Crippen molar-refractivity contribution in [3.05, 3.63) is 34.5 Å². The highest BCUT2D eigenvalue weighted by Gasteiger charge is 2.22. The van der Waals surface area contributed by atoms with Crippen LogP contribution in [0, 0.1) is 0 Å². The van der Waals surface area contributed by atoms with Gasteiger partial charge in [0.1, 0.15) is 5.58 Å². The first-order valence-corrected chi connectivity index (χ1v) is 5.18. The van der Waals surface area contributed by atoms with Crippen LogP contribution in [0.15, 0.2) is 33.4 Å². The first-order valence-electron chi connectivity index (χ1n) is 4.39. The van der Waals surface area contributed by atoms with Crippen LogP contribution in [0.25, 0.3) is 11.0 Å². The maximum atomic E-state index is 9.92. The maximum Gasteiger partial charge on any atom is 0.135 e. The van der Waals surface area contributed by atoms with Crippen molar-refractivity contribution in [2.75, 3.05) is 0 Å². The molecule has 74 valence electrons. The number of benzene rings is 1. The molecule has 0 bridgehead atoms.